The van der Waals surface area contributed by atoms with Crippen molar-refractivity contribution in [2.75, 3.05) is 0 Å². The van der Waals surface area contributed by atoms with Crippen molar-refractivity contribution < 1.29 is 56.7 Å². The zero-order valence-corrected chi connectivity index (χ0v) is 18.4. The Labute approximate surface area is 175 Å². The number of aldehydes is 1. The van der Waals surface area contributed by atoms with Crippen molar-refractivity contribution >= 4 is 26.5 Å². The summed E-state index contributed by atoms with van der Waals surface area (Å²) >= 11 is 0. The molecule has 0 spiro atoms. The minimum absolute atomic E-state index is 0.00807. The molecule has 15 heteroatoms. The topological polar surface area (TPSA) is 115 Å². The lowest BCUT2D eigenvalue weighted by Crippen LogP contribution is -2.61. The summed E-state index contributed by atoms with van der Waals surface area (Å²) in [5, 5.41) is -13.6. The van der Waals surface area contributed by atoms with Crippen molar-refractivity contribution in [3.05, 3.63) is 11.6 Å². The lowest BCUT2D eigenvalue weighted by atomic mass is 9.73. The fourth-order valence-electron chi connectivity index (χ4n) is 3.14. The molecule has 0 aliphatic heterocycles. The van der Waals surface area contributed by atoms with Crippen molar-refractivity contribution in [3.63, 3.8) is 0 Å². The Balaban J connectivity index is 3.57. The molecule has 0 radical (unpaired) electrons. The Morgan fingerprint density at radius 1 is 1.03 bits per heavy atom. The smallest absolute Gasteiger partial charge is 0.303 e. The molecular formula is C16H22F6O7S2. The number of carbonyl (C=O) groups excluding carboxylic acids is 1. The molecule has 0 saturated heterocycles. The molecule has 0 fully saturated rings. The number of allylic oxidation sites excluding steroid dienone is 1. The van der Waals surface area contributed by atoms with Gasteiger partial charge in [0.25, 0.3) is 0 Å². The van der Waals surface area contributed by atoms with Crippen LogP contribution in [-0.2, 0) is 29.2 Å². The van der Waals surface area contributed by atoms with Gasteiger partial charge >= 0.3 is 36.7 Å². The number of hydrogen-bond donors (Lipinski definition) is 1. The van der Waals surface area contributed by atoms with Gasteiger partial charge in [-0.1, -0.05) is 33.8 Å². The summed E-state index contributed by atoms with van der Waals surface area (Å²) in [5.41, 5.74) is -0.00807. The standard InChI is InChI=1S/C16H22F6O7S2/c1-8(2)11-5-10(7-23)6-12(9(3)4)13(11)29-31(27,28)16(21,22)14(17,18)15(19,20)30(24,25)26/h5,7-10,12-13H,6H2,1-4H3,(H,24,25,26). The third kappa shape index (κ3) is 4.78. The summed E-state index contributed by atoms with van der Waals surface area (Å²) in [4.78, 5) is 11.2. The minimum Gasteiger partial charge on any atom is -0.303 e. The summed E-state index contributed by atoms with van der Waals surface area (Å²) in [7, 11) is -14.0. The van der Waals surface area contributed by atoms with Gasteiger partial charge in [-0.05, 0) is 29.7 Å². The van der Waals surface area contributed by atoms with Crippen LogP contribution in [0.1, 0.15) is 34.1 Å². The van der Waals surface area contributed by atoms with E-state index in [1.807, 2.05) is 0 Å². The van der Waals surface area contributed by atoms with E-state index < -0.39 is 66.4 Å². The number of halogens is 6. The Kier molecular flexibility index (Phi) is 7.75. The molecule has 0 saturated carbocycles. The summed E-state index contributed by atoms with van der Waals surface area (Å²) in [5.74, 6) is -9.92. The lowest BCUT2D eigenvalue weighted by molar-refractivity contribution is -0.248. The highest BCUT2D eigenvalue weighted by molar-refractivity contribution is 7.88. The molecule has 1 aliphatic rings. The molecule has 0 aromatic rings. The van der Waals surface area contributed by atoms with Gasteiger partial charge in [0.05, 0.1) is 0 Å². The first-order chi connectivity index (χ1) is 13.7. The molecule has 182 valence electrons. The van der Waals surface area contributed by atoms with Gasteiger partial charge in [0.15, 0.2) is 0 Å². The molecule has 0 amide bonds. The third-order valence-electron chi connectivity index (χ3n) is 4.97. The van der Waals surface area contributed by atoms with Gasteiger partial charge in [-0.25, -0.2) is 0 Å². The van der Waals surface area contributed by atoms with Gasteiger partial charge in [-0.15, -0.1) is 0 Å². The predicted molar refractivity (Wildman–Crippen MR) is 95.6 cm³/mol. The summed E-state index contributed by atoms with van der Waals surface area (Å²) in [6.07, 6.45) is -0.166. The quantitative estimate of drug-likeness (QED) is 0.168. The number of rotatable bonds is 9. The summed E-state index contributed by atoms with van der Waals surface area (Å²) < 4.78 is 140. The molecule has 1 rings (SSSR count). The first-order valence-corrected chi connectivity index (χ1v) is 11.7. The molecule has 3 atom stereocenters. The maximum absolute atomic E-state index is 14.2. The first-order valence-electron chi connectivity index (χ1n) is 8.85. The van der Waals surface area contributed by atoms with E-state index in [1.54, 1.807) is 0 Å². The van der Waals surface area contributed by atoms with Crippen molar-refractivity contribution in [1.82, 2.24) is 0 Å². The van der Waals surface area contributed by atoms with E-state index in [2.05, 4.69) is 4.18 Å². The fourth-order valence-corrected chi connectivity index (χ4v) is 4.75. The zero-order chi connectivity index (χ0) is 24.8. The molecule has 1 N–H and O–H groups in total. The van der Waals surface area contributed by atoms with Crippen LogP contribution in [0.25, 0.3) is 0 Å². The van der Waals surface area contributed by atoms with Crippen LogP contribution in [0.3, 0.4) is 0 Å². The lowest BCUT2D eigenvalue weighted by Gasteiger charge is -2.39. The maximum Gasteiger partial charge on any atom is 0.439 e. The fraction of sp³-hybridized carbons (Fsp3) is 0.812. The maximum atomic E-state index is 14.2. The molecule has 0 aromatic heterocycles. The highest BCUT2D eigenvalue weighted by Gasteiger charge is 2.82. The van der Waals surface area contributed by atoms with Crippen LogP contribution in [0.15, 0.2) is 11.6 Å². The number of carbonyl (C=O) groups is 1. The van der Waals surface area contributed by atoms with E-state index in [0.29, 0.717) is 6.29 Å². The number of hydrogen-bond acceptors (Lipinski definition) is 6. The average molecular weight is 504 g/mol. The SMILES string of the molecule is CC(C)C1=CC(C=O)CC(C(C)C)C1OS(=O)(=O)C(F)(F)C(F)(F)C(F)(F)S(=O)(=O)O. The predicted octanol–water partition coefficient (Wildman–Crippen LogP) is 3.48. The molecule has 7 nitrogen and oxygen atoms in total. The van der Waals surface area contributed by atoms with E-state index >= 15 is 0 Å². The molecule has 3 unspecified atom stereocenters. The van der Waals surface area contributed by atoms with Crippen molar-refractivity contribution in [1.29, 1.82) is 0 Å². The van der Waals surface area contributed by atoms with Gasteiger partial charge in [0.2, 0.25) is 0 Å². The van der Waals surface area contributed by atoms with Crippen LogP contribution in [0.5, 0.6) is 0 Å². The van der Waals surface area contributed by atoms with E-state index in [4.69, 9.17) is 4.55 Å². The Morgan fingerprint density at radius 2 is 1.52 bits per heavy atom. The van der Waals surface area contributed by atoms with Crippen LogP contribution in [0.4, 0.5) is 26.3 Å². The molecular weight excluding hydrogens is 482 g/mol. The van der Waals surface area contributed by atoms with Crippen molar-refractivity contribution in [2.45, 2.75) is 56.7 Å². The summed E-state index contributed by atoms with van der Waals surface area (Å²) in [6, 6.07) is 0. The normalized spacial score (nSPS) is 24.4. The van der Waals surface area contributed by atoms with E-state index in [1.165, 1.54) is 33.8 Å². The molecule has 0 bridgehead atoms. The molecule has 0 heterocycles. The van der Waals surface area contributed by atoms with Crippen LogP contribution < -0.4 is 0 Å². The Morgan fingerprint density at radius 3 is 1.87 bits per heavy atom. The van der Waals surface area contributed by atoms with Gasteiger partial charge in [0.1, 0.15) is 12.4 Å². The van der Waals surface area contributed by atoms with Crippen LogP contribution >= 0.6 is 0 Å². The highest BCUT2D eigenvalue weighted by Crippen LogP contribution is 2.52. The summed E-state index contributed by atoms with van der Waals surface area (Å²) in [6.45, 7) is 5.97. The second-order valence-electron chi connectivity index (χ2n) is 7.82. The van der Waals surface area contributed by atoms with E-state index in [9.17, 15) is 48.0 Å². The van der Waals surface area contributed by atoms with Crippen molar-refractivity contribution in [3.8, 4) is 0 Å². The van der Waals surface area contributed by atoms with Gasteiger partial charge in [0, 0.05) is 5.92 Å². The van der Waals surface area contributed by atoms with Crippen LogP contribution in [0, 0.1) is 23.7 Å². The number of alkyl halides is 6. The largest absolute Gasteiger partial charge is 0.439 e. The van der Waals surface area contributed by atoms with E-state index in [-0.39, 0.29) is 12.0 Å². The third-order valence-corrected chi connectivity index (χ3v) is 7.21. The zero-order valence-electron chi connectivity index (χ0n) is 16.7. The monoisotopic (exact) mass is 504 g/mol. The second kappa shape index (κ2) is 8.63. The van der Waals surface area contributed by atoms with Crippen LogP contribution in [-0.4, -0.2) is 50.2 Å². The van der Waals surface area contributed by atoms with E-state index in [0.717, 1.165) is 0 Å². The van der Waals surface area contributed by atoms with Crippen LogP contribution in [0.2, 0.25) is 0 Å². The average Bonchev–Trinajstić information content (AvgIpc) is 2.59. The van der Waals surface area contributed by atoms with Gasteiger partial charge < -0.3 is 4.79 Å². The molecule has 1 aliphatic carbocycles. The van der Waals surface area contributed by atoms with Crippen molar-refractivity contribution in [2.24, 2.45) is 23.7 Å². The Bertz CT molecular complexity index is 926. The van der Waals surface area contributed by atoms with Gasteiger partial charge in [-0.2, -0.15) is 43.2 Å². The molecule has 0 aromatic carbocycles. The highest BCUT2D eigenvalue weighted by atomic mass is 32.2. The minimum atomic E-state index is -7.13. The first kappa shape index (κ1) is 27.8. The van der Waals surface area contributed by atoms with Gasteiger partial charge in [-0.3, -0.25) is 8.74 Å². The molecule has 31 heavy (non-hydrogen) atoms. The second-order valence-corrected chi connectivity index (χ2v) is 10.9. The Hall–Kier alpha value is -1.19.